The summed E-state index contributed by atoms with van der Waals surface area (Å²) < 4.78 is 27.7. The summed E-state index contributed by atoms with van der Waals surface area (Å²) in [4.78, 5) is 12.3. The number of rotatable bonds is 6. The quantitative estimate of drug-likeness (QED) is 0.609. The first-order valence-electron chi connectivity index (χ1n) is 8.67. The van der Waals surface area contributed by atoms with Crippen LogP contribution in [0.15, 0.2) is 89.8 Å². The third-order valence-corrected chi connectivity index (χ3v) is 5.41. The van der Waals surface area contributed by atoms with E-state index in [-0.39, 0.29) is 10.8 Å². The monoisotopic (exact) mass is 392 g/mol. The van der Waals surface area contributed by atoms with E-state index in [1.165, 1.54) is 18.2 Å². The van der Waals surface area contributed by atoms with Gasteiger partial charge in [-0.05, 0) is 48.4 Å². The van der Waals surface area contributed by atoms with Gasteiger partial charge in [-0.1, -0.05) is 54.6 Å². The van der Waals surface area contributed by atoms with E-state index in [4.69, 9.17) is 0 Å². The highest BCUT2D eigenvalue weighted by atomic mass is 32.2. The molecule has 5 nitrogen and oxygen atoms in total. The molecular weight excluding hydrogens is 372 g/mol. The minimum Gasteiger partial charge on any atom is -0.322 e. The summed E-state index contributed by atoms with van der Waals surface area (Å²) in [6.45, 7) is 1.80. The molecule has 6 heteroatoms. The van der Waals surface area contributed by atoms with E-state index >= 15 is 0 Å². The Balaban J connectivity index is 1.74. The van der Waals surface area contributed by atoms with Crippen LogP contribution in [-0.2, 0) is 14.8 Å². The van der Waals surface area contributed by atoms with Crippen molar-refractivity contribution >= 4 is 33.4 Å². The molecule has 0 bridgehead atoms. The normalized spacial score (nSPS) is 11.3. The Morgan fingerprint density at radius 3 is 2.21 bits per heavy atom. The predicted octanol–water partition coefficient (Wildman–Crippen LogP) is 4.45. The fourth-order valence-electron chi connectivity index (χ4n) is 2.53. The smallest absolute Gasteiger partial charge is 0.261 e. The molecule has 0 atom stereocenters. The largest absolute Gasteiger partial charge is 0.322 e. The molecule has 0 saturated carbocycles. The van der Waals surface area contributed by atoms with Crippen LogP contribution in [0.2, 0.25) is 0 Å². The van der Waals surface area contributed by atoms with Gasteiger partial charge >= 0.3 is 0 Å². The lowest BCUT2D eigenvalue weighted by Gasteiger charge is -2.12. The number of anilines is 2. The van der Waals surface area contributed by atoms with Crippen LogP contribution in [0.1, 0.15) is 11.1 Å². The van der Waals surface area contributed by atoms with E-state index in [9.17, 15) is 13.2 Å². The highest BCUT2D eigenvalue weighted by Crippen LogP contribution is 2.23. The SMILES string of the molecule is Cc1ccc(NC(=O)C=Cc2ccccc2)cc1NS(=O)(=O)c1ccccc1. The molecule has 0 unspecified atom stereocenters. The Morgan fingerprint density at radius 2 is 1.54 bits per heavy atom. The topological polar surface area (TPSA) is 75.3 Å². The molecule has 0 aromatic heterocycles. The van der Waals surface area contributed by atoms with Gasteiger partial charge in [-0.25, -0.2) is 8.42 Å². The van der Waals surface area contributed by atoms with E-state index in [1.54, 1.807) is 49.4 Å². The molecule has 142 valence electrons. The molecule has 0 spiro atoms. The van der Waals surface area contributed by atoms with E-state index in [2.05, 4.69) is 10.0 Å². The molecule has 0 saturated heterocycles. The number of carbonyl (C=O) groups excluding carboxylic acids is 1. The van der Waals surface area contributed by atoms with E-state index in [0.717, 1.165) is 11.1 Å². The summed E-state index contributed by atoms with van der Waals surface area (Å²) in [5.41, 5.74) is 2.57. The molecule has 3 rings (SSSR count). The number of benzene rings is 3. The molecule has 0 aliphatic heterocycles. The van der Waals surface area contributed by atoms with Crippen LogP contribution in [0.5, 0.6) is 0 Å². The number of hydrogen-bond acceptors (Lipinski definition) is 3. The molecule has 0 aliphatic rings. The van der Waals surface area contributed by atoms with E-state index < -0.39 is 10.0 Å². The zero-order valence-electron chi connectivity index (χ0n) is 15.3. The fourth-order valence-corrected chi connectivity index (χ4v) is 3.68. The lowest BCUT2D eigenvalue weighted by Crippen LogP contribution is -2.14. The molecule has 3 aromatic rings. The van der Waals surface area contributed by atoms with Crippen molar-refractivity contribution < 1.29 is 13.2 Å². The third kappa shape index (κ3) is 5.08. The zero-order chi connectivity index (χ0) is 20.0. The van der Waals surface area contributed by atoms with Gasteiger partial charge in [-0.15, -0.1) is 0 Å². The predicted molar refractivity (Wildman–Crippen MR) is 113 cm³/mol. The van der Waals surface area contributed by atoms with Crippen molar-refractivity contribution in [3.63, 3.8) is 0 Å². The Labute approximate surface area is 164 Å². The number of aryl methyl sites for hydroxylation is 1. The Hall–Kier alpha value is -3.38. The second-order valence-corrected chi connectivity index (χ2v) is 7.86. The number of sulfonamides is 1. The molecule has 0 heterocycles. The van der Waals surface area contributed by atoms with Gasteiger partial charge in [0.05, 0.1) is 10.6 Å². The van der Waals surface area contributed by atoms with Crippen LogP contribution in [0.25, 0.3) is 6.08 Å². The summed E-state index contributed by atoms with van der Waals surface area (Å²) in [5, 5.41) is 2.74. The Morgan fingerprint density at radius 1 is 0.893 bits per heavy atom. The average molecular weight is 392 g/mol. The van der Waals surface area contributed by atoms with E-state index in [1.807, 2.05) is 30.3 Å². The maximum atomic E-state index is 12.5. The van der Waals surface area contributed by atoms with Crippen LogP contribution in [0.3, 0.4) is 0 Å². The second kappa shape index (κ2) is 8.54. The van der Waals surface area contributed by atoms with Crippen molar-refractivity contribution in [2.24, 2.45) is 0 Å². The third-order valence-electron chi connectivity index (χ3n) is 4.03. The Bertz CT molecular complexity index is 1090. The van der Waals surface area contributed by atoms with Crippen LogP contribution < -0.4 is 10.0 Å². The maximum absolute atomic E-state index is 12.5. The first-order chi connectivity index (χ1) is 13.4. The lowest BCUT2D eigenvalue weighted by atomic mass is 10.2. The van der Waals surface area contributed by atoms with Crippen LogP contribution in [-0.4, -0.2) is 14.3 Å². The standard InChI is InChI=1S/C22H20N2O3S/c1-17-12-14-19(23-22(25)15-13-18-8-4-2-5-9-18)16-21(17)24-28(26,27)20-10-6-3-7-11-20/h2-16,24H,1H3,(H,23,25). The van der Waals surface area contributed by atoms with E-state index in [0.29, 0.717) is 11.4 Å². The van der Waals surface area contributed by atoms with Gasteiger partial charge < -0.3 is 5.32 Å². The molecule has 0 fully saturated rings. The lowest BCUT2D eigenvalue weighted by molar-refractivity contribution is -0.111. The minimum absolute atomic E-state index is 0.176. The van der Waals surface area contributed by atoms with Gasteiger partial charge in [0.25, 0.3) is 10.0 Å². The average Bonchev–Trinajstić information content (AvgIpc) is 2.70. The Kier molecular flexibility index (Phi) is 5.91. The molecule has 1 amide bonds. The molecule has 28 heavy (non-hydrogen) atoms. The van der Waals surface area contributed by atoms with Crippen molar-refractivity contribution in [2.75, 3.05) is 10.0 Å². The highest BCUT2D eigenvalue weighted by molar-refractivity contribution is 7.92. The summed E-state index contributed by atoms with van der Waals surface area (Å²) in [5.74, 6) is -0.301. The van der Waals surface area contributed by atoms with Crippen molar-refractivity contribution in [1.82, 2.24) is 0 Å². The number of hydrogen-bond donors (Lipinski definition) is 2. The fraction of sp³-hybridized carbons (Fsp3) is 0.0455. The van der Waals surface area contributed by atoms with Crippen molar-refractivity contribution in [3.8, 4) is 0 Å². The van der Waals surface area contributed by atoms with Crippen LogP contribution in [0.4, 0.5) is 11.4 Å². The van der Waals surface area contributed by atoms with Gasteiger partial charge in [0.1, 0.15) is 0 Å². The number of amides is 1. The van der Waals surface area contributed by atoms with Gasteiger partial charge in [0.2, 0.25) is 5.91 Å². The van der Waals surface area contributed by atoms with Gasteiger partial charge in [0.15, 0.2) is 0 Å². The van der Waals surface area contributed by atoms with Gasteiger partial charge in [0, 0.05) is 11.8 Å². The summed E-state index contributed by atoms with van der Waals surface area (Å²) >= 11 is 0. The van der Waals surface area contributed by atoms with Crippen LogP contribution >= 0.6 is 0 Å². The summed E-state index contributed by atoms with van der Waals surface area (Å²) in [7, 11) is -3.70. The summed E-state index contributed by atoms with van der Waals surface area (Å²) in [6.07, 6.45) is 3.14. The molecule has 0 radical (unpaired) electrons. The number of nitrogens with one attached hydrogen (secondary N) is 2. The highest BCUT2D eigenvalue weighted by Gasteiger charge is 2.15. The first-order valence-corrected chi connectivity index (χ1v) is 10.1. The molecule has 0 aliphatic carbocycles. The maximum Gasteiger partial charge on any atom is 0.261 e. The van der Waals surface area contributed by atoms with Crippen LogP contribution in [0, 0.1) is 6.92 Å². The number of carbonyl (C=O) groups is 1. The summed E-state index contributed by atoms with van der Waals surface area (Å²) in [6, 6.07) is 22.7. The van der Waals surface area contributed by atoms with Crippen molar-refractivity contribution in [1.29, 1.82) is 0 Å². The second-order valence-electron chi connectivity index (χ2n) is 6.18. The minimum atomic E-state index is -3.70. The van der Waals surface area contributed by atoms with Gasteiger partial charge in [-0.3, -0.25) is 9.52 Å². The zero-order valence-corrected chi connectivity index (χ0v) is 16.1. The molecule has 2 N–H and O–H groups in total. The van der Waals surface area contributed by atoms with Crippen molar-refractivity contribution in [3.05, 3.63) is 96.1 Å². The first kappa shape index (κ1) is 19.4. The van der Waals surface area contributed by atoms with Gasteiger partial charge in [-0.2, -0.15) is 0 Å². The van der Waals surface area contributed by atoms with Crippen molar-refractivity contribution in [2.45, 2.75) is 11.8 Å². The molecular formula is C22H20N2O3S. The molecule has 3 aromatic carbocycles.